The smallest absolute Gasteiger partial charge is 0.119 e. The van der Waals surface area contributed by atoms with Crippen LogP contribution in [-0.2, 0) is 6.54 Å². The van der Waals surface area contributed by atoms with Crippen LogP contribution < -0.4 is 10.1 Å². The third-order valence-corrected chi connectivity index (χ3v) is 3.66. The summed E-state index contributed by atoms with van der Waals surface area (Å²) >= 11 is 9.51. The van der Waals surface area contributed by atoms with Crippen molar-refractivity contribution < 1.29 is 4.74 Å². The van der Waals surface area contributed by atoms with Crippen molar-refractivity contribution in [2.45, 2.75) is 13.5 Å². The lowest BCUT2D eigenvalue weighted by Gasteiger charge is -2.09. The summed E-state index contributed by atoms with van der Waals surface area (Å²) in [5.74, 6) is 0.886. The van der Waals surface area contributed by atoms with Gasteiger partial charge in [-0.05, 0) is 55.0 Å². The number of rotatable bonds is 5. The molecule has 0 unspecified atom stereocenters. The van der Waals surface area contributed by atoms with Gasteiger partial charge in [-0.3, -0.25) is 0 Å². The van der Waals surface area contributed by atoms with Crippen molar-refractivity contribution >= 4 is 33.2 Å². The molecule has 0 aromatic heterocycles. The molecule has 4 heteroatoms. The monoisotopic (exact) mass is 339 g/mol. The zero-order valence-electron chi connectivity index (χ0n) is 10.6. The first-order valence-electron chi connectivity index (χ1n) is 6.09. The van der Waals surface area contributed by atoms with Crippen molar-refractivity contribution in [3.8, 4) is 5.75 Å². The van der Waals surface area contributed by atoms with Gasteiger partial charge < -0.3 is 10.1 Å². The zero-order valence-corrected chi connectivity index (χ0v) is 13.0. The number of halogens is 2. The molecule has 100 valence electrons. The molecule has 0 bridgehead atoms. The highest BCUT2D eigenvalue weighted by molar-refractivity contribution is 9.10. The van der Waals surface area contributed by atoms with Crippen molar-refractivity contribution in [3.05, 3.63) is 57.5 Å². The molecular weight excluding hydrogens is 326 g/mol. The zero-order chi connectivity index (χ0) is 13.7. The number of benzene rings is 2. The average Bonchev–Trinajstić information content (AvgIpc) is 2.42. The lowest BCUT2D eigenvalue weighted by Crippen LogP contribution is -2.00. The molecule has 0 aliphatic carbocycles. The maximum absolute atomic E-state index is 5.99. The van der Waals surface area contributed by atoms with Crippen LogP contribution in [0.15, 0.2) is 46.9 Å². The van der Waals surface area contributed by atoms with Crippen molar-refractivity contribution in [2.75, 3.05) is 11.9 Å². The van der Waals surface area contributed by atoms with Gasteiger partial charge in [-0.2, -0.15) is 0 Å². The number of hydrogen-bond acceptors (Lipinski definition) is 2. The highest BCUT2D eigenvalue weighted by Gasteiger charge is 2.01. The Labute approximate surface area is 126 Å². The van der Waals surface area contributed by atoms with Gasteiger partial charge in [0.1, 0.15) is 5.75 Å². The van der Waals surface area contributed by atoms with Crippen LogP contribution in [0.2, 0.25) is 5.02 Å². The second-order valence-electron chi connectivity index (χ2n) is 4.05. The Morgan fingerprint density at radius 1 is 1.16 bits per heavy atom. The lowest BCUT2D eigenvalue weighted by atomic mass is 10.2. The molecule has 0 aliphatic rings. The number of hydrogen-bond donors (Lipinski definition) is 1. The quantitative estimate of drug-likeness (QED) is 0.816. The Morgan fingerprint density at radius 2 is 1.89 bits per heavy atom. The van der Waals surface area contributed by atoms with Crippen LogP contribution in [0.5, 0.6) is 5.75 Å². The molecule has 0 aliphatic heterocycles. The fourth-order valence-electron chi connectivity index (χ4n) is 1.71. The van der Waals surface area contributed by atoms with E-state index >= 15 is 0 Å². The Balaban J connectivity index is 2.00. The number of ether oxygens (including phenoxy) is 1. The van der Waals surface area contributed by atoms with E-state index in [-0.39, 0.29) is 0 Å². The predicted octanol–water partition coefficient (Wildman–Crippen LogP) is 5.11. The molecule has 0 atom stereocenters. The van der Waals surface area contributed by atoms with Gasteiger partial charge in [0, 0.05) is 21.7 Å². The average molecular weight is 341 g/mol. The first kappa shape index (κ1) is 14.2. The van der Waals surface area contributed by atoms with E-state index in [1.54, 1.807) is 0 Å². The van der Waals surface area contributed by atoms with E-state index in [4.69, 9.17) is 16.3 Å². The third kappa shape index (κ3) is 4.15. The van der Waals surface area contributed by atoms with Crippen LogP contribution in [0.25, 0.3) is 0 Å². The van der Waals surface area contributed by atoms with Gasteiger partial charge in [0.2, 0.25) is 0 Å². The molecule has 2 aromatic carbocycles. The van der Waals surface area contributed by atoms with Gasteiger partial charge in [-0.1, -0.05) is 27.5 Å². The Kier molecular flexibility index (Phi) is 5.11. The topological polar surface area (TPSA) is 21.3 Å². The van der Waals surface area contributed by atoms with E-state index in [0.29, 0.717) is 6.61 Å². The minimum atomic E-state index is 0.683. The largest absolute Gasteiger partial charge is 0.494 e. The van der Waals surface area contributed by atoms with Crippen molar-refractivity contribution in [3.63, 3.8) is 0 Å². The second kappa shape index (κ2) is 6.83. The molecule has 0 saturated carbocycles. The van der Waals surface area contributed by atoms with Crippen LogP contribution in [-0.4, -0.2) is 6.61 Å². The van der Waals surface area contributed by atoms with Gasteiger partial charge in [-0.15, -0.1) is 0 Å². The summed E-state index contributed by atoms with van der Waals surface area (Å²) in [6.07, 6.45) is 0. The molecule has 0 saturated heterocycles. The van der Waals surface area contributed by atoms with Gasteiger partial charge in [0.25, 0.3) is 0 Å². The van der Waals surface area contributed by atoms with E-state index in [9.17, 15) is 0 Å². The number of nitrogens with one attached hydrogen (secondary N) is 1. The summed E-state index contributed by atoms with van der Waals surface area (Å²) < 4.78 is 6.46. The minimum Gasteiger partial charge on any atom is -0.494 e. The van der Waals surface area contributed by atoms with E-state index in [1.807, 2.05) is 49.4 Å². The van der Waals surface area contributed by atoms with Crippen molar-refractivity contribution in [1.82, 2.24) is 0 Å². The molecule has 2 aromatic rings. The van der Waals surface area contributed by atoms with Gasteiger partial charge >= 0.3 is 0 Å². The third-order valence-electron chi connectivity index (χ3n) is 2.66. The van der Waals surface area contributed by atoms with Crippen LogP contribution in [0.4, 0.5) is 5.69 Å². The molecule has 0 heterocycles. The van der Waals surface area contributed by atoms with Gasteiger partial charge in [0.05, 0.1) is 6.61 Å². The maximum atomic E-state index is 5.99. The lowest BCUT2D eigenvalue weighted by molar-refractivity contribution is 0.340. The molecular formula is C15H15BrClNO. The maximum Gasteiger partial charge on any atom is 0.119 e. The van der Waals surface area contributed by atoms with Crippen LogP contribution in [0.3, 0.4) is 0 Å². The van der Waals surface area contributed by atoms with Crippen LogP contribution in [0, 0.1) is 0 Å². The SMILES string of the molecule is CCOc1ccc(NCc2cc(Cl)ccc2Br)cc1. The molecule has 1 N–H and O–H groups in total. The molecule has 0 fully saturated rings. The highest BCUT2D eigenvalue weighted by Crippen LogP contribution is 2.23. The fraction of sp³-hybridized carbons (Fsp3) is 0.200. The van der Waals surface area contributed by atoms with E-state index in [2.05, 4.69) is 21.2 Å². The predicted molar refractivity (Wildman–Crippen MR) is 84.1 cm³/mol. The van der Waals surface area contributed by atoms with E-state index < -0.39 is 0 Å². The second-order valence-corrected chi connectivity index (χ2v) is 5.34. The summed E-state index contributed by atoms with van der Waals surface area (Å²) in [6.45, 7) is 3.38. The van der Waals surface area contributed by atoms with Gasteiger partial charge in [0.15, 0.2) is 0 Å². The summed E-state index contributed by atoms with van der Waals surface area (Å²) in [7, 11) is 0. The van der Waals surface area contributed by atoms with Crippen molar-refractivity contribution in [2.24, 2.45) is 0 Å². The Morgan fingerprint density at radius 3 is 2.58 bits per heavy atom. The summed E-state index contributed by atoms with van der Waals surface area (Å²) in [5, 5.41) is 4.10. The summed E-state index contributed by atoms with van der Waals surface area (Å²) in [6, 6.07) is 13.7. The highest BCUT2D eigenvalue weighted by atomic mass is 79.9. The summed E-state index contributed by atoms with van der Waals surface area (Å²) in [4.78, 5) is 0. The first-order valence-corrected chi connectivity index (χ1v) is 7.27. The molecule has 2 nitrogen and oxygen atoms in total. The van der Waals surface area contributed by atoms with Crippen molar-refractivity contribution in [1.29, 1.82) is 0 Å². The Hall–Kier alpha value is -1.19. The molecule has 19 heavy (non-hydrogen) atoms. The molecule has 0 spiro atoms. The normalized spacial score (nSPS) is 10.3. The fourth-order valence-corrected chi connectivity index (χ4v) is 2.29. The minimum absolute atomic E-state index is 0.683. The van der Waals surface area contributed by atoms with Gasteiger partial charge in [-0.25, -0.2) is 0 Å². The Bertz CT molecular complexity index is 542. The standard InChI is InChI=1S/C15H15BrClNO/c1-2-19-14-6-4-13(5-7-14)18-10-11-9-12(17)3-8-15(11)16/h3-9,18H,2,10H2,1H3. The van der Waals surface area contributed by atoms with Crippen LogP contribution in [0.1, 0.15) is 12.5 Å². The molecule has 0 radical (unpaired) electrons. The van der Waals surface area contributed by atoms with E-state index in [0.717, 1.165) is 33.0 Å². The first-order chi connectivity index (χ1) is 9.19. The number of anilines is 1. The van der Waals surface area contributed by atoms with Crippen LogP contribution >= 0.6 is 27.5 Å². The molecule has 0 amide bonds. The van der Waals surface area contributed by atoms with E-state index in [1.165, 1.54) is 0 Å². The summed E-state index contributed by atoms with van der Waals surface area (Å²) in [5.41, 5.74) is 2.18. The molecule has 2 rings (SSSR count).